The van der Waals surface area contributed by atoms with Crippen molar-refractivity contribution in [2.75, 3.05) is 39.3 Å². The van der Waals surface area contributed by atoms with E-state index in [4.69, 9.17) is 4.74 Å². The first kappa shape index (κ1) is 19.2. The van der Waals surface area contributed by atoms with Crippen molar-refractivity contribution in [2.45, 2.75) is 6.10 Å². The van der Waals surface area contributed by atoms with Crippen LogP contribution in [0.5, 0.6) is 5.75 Å². The van der Waals surface area contributed by atoms with E-state index in [9.17, 15) is 14.7 Å². The van der Waals surface area contributed by atoms with E-state index in [1.54, 1.807) is 4.90 Å². The number of carbonyl (C=O) groups is 1. The van der Waals surface area contributed by atoms with Crippen molar-refractivity contribution in [3.05, 3.63) is 64.8 Å². The van der Waals surface area contributed by atoms with Gasteiger partial charge in [0.1, 0.15) is 24.2 Å². The zero-order chi connectivity index (χ0) is 20.2. The topological polar surface area (TPSA) is 102 Å². The zero-order valence-electron chi connectivity index (χ0n) is 16.0. The summed E-state index contributed by atoms with van der Waals surface area (Å²) < 4.78 is 5.86. The number of nitrogens with one attached hydrogen (secondary N) is 2. The van der Waals surface area contributed by atoms with Crippen LogP contribution in [0.4, 0.5) is 0 Å². The summed E-state index contributed by atoms with van der Waals surface area (Å²) >= 11 is 0. The predicted octanol–water partition coefficient (Wildman–Crippen LogP) is 1.05. The maximum atomic E-state index is 12.4. The number of hydrogen-bond acceptors (Lipinski definition) is 5. The summed E-state index contributed by atoms with van der Waals surface area (Å²) in [6.07, 6.45) is 0.767. The predicted molar refractivity (Wildman–Crippen MR) is 109 cm³/mol. The molecule has 3 N–H and O–H groups in total. The Hall–Kier alpha value is -3.10. The lowest BCUT2D eigenvalue weighted by Gasteiger charge is -2.35. The van der Waals surface area contributed by atoms with Crippen molar-refractivity contribution < 1.29 is 14.6 Å². The van der Waals surface area contributed by atoms with Crippen LogP contribution in [-0.2, 0) is 0 Å². The Kier molecular flexibility index (Phi) is 5.64. The number of aromatic nitrogens is 2. The van der Waals surface area contributed by atoms with E-state index in [-0.39, 0.29) is 23.9 Å². The largest absolute Gasteiger partial charge is 0.490 e. The molecule has 152 valence electrons. The average molecular weight is 396 g/mol. The van der Waals surface area contributed by atoms with E-state index >= 15 is 0 Å². The number of nitrogens with zero attached hydrogens (tertiary/aromatic N) is 2. The summed E-state index contributed by atoms with van der Waals surface area (Å²) in [5.41, 5.74) is -0.117. The molecule has 8 nitrogen and oxygen atoms in total. The van der Waals surface area contributed by atoms with E-state index in [0.29, 0.717) is 32.7 Å². The van der Waals surface area contributed by atoms with Gasteiger partial charge in [-0.2, -0.15) is 0 Å². The van der Waals surface area contributed by atoms with Gasteiger partial charge in [-0.3, -0.25) is 9.69 Å². The van der Waals surface area contributed by atoms with Gasteiger partial charge in [-0.05, 0) is 11.5 Å². The fraction of sp³-hybridized carbons (Fsp3) is 0.333. The van der Waals surface area contributed by atoms with E-state index in [1.165, 1.54) is 6.20 Å². The van der Waals surface area contributed by atoms with Crippen molar-refractivity contribution in [1.82, 2.24) is 19.8 Å². The Bertz CT molecular complexity index is 1030. The number of fused-ring (bicyclic) bond motifs is 1. The summed E-state index contributed by atoms with van der Waals surface area (Å²) in [5.74, 6) is 0.570. The number of β-amino-alcohol motifs (C(OH)–C–C–N with tert-alkyl or cyclic N) is 1. The minimum Gasteiger partial charge on any atom is -0.490 e. The number of piperazine rings is 1. The van der Waals surface area contributed by atoms with Crippen LogP contribution in [0, 0.1) is 0 Å². The molecule has 1 aliphatic heterocycles. The molecule has 1 saturated heterocycles. The molecular formula is C21H24N4O4. The van der Waals surface area contributed by atoms with Gasteiger partial charge in [0.15, 0.2) is 0 Å². The van der Waals surface area contributed by atoms with Gasteiger partial charge in [0.2, 0.25) is 0 Å². The van der Waals surface area contributed by atoms with Crippen molar-refractivity contribution in [2.24, 2.45) is 0 Å². The molecule has 8 heteroatoms. The molecule has 3 aromatic rings. The van der Waals surface area contributed by atoms with Crippen LogP contribution in [0.15, 0.2) is 53.5 Å². The molecule has 4 rings (SSSR count). The maximum absolute atomic E-state index is 12.4. The number of benzene rings is 2. The lowest BCUT2D eigenvalue weighted by Crippen LogP contribution is -2.51. The van der Waals surface area contributed by atoms with Crippen molar-refractivity contribution >= 4 is 16.7 Å². The van der Waals surface area contributed by atoms with Gasteiger partial charge in [-0.25, -0.2) is 4.79 Å². The summed E-state index contributed by atoms with van der Waals surface area (Å²) in [5, 5.41) is 12.5. The standard InChI is InChI=1S/C21H24N4O4/c26-16(14-29-19-7-3-5-15-4-1-2-6-17(15)19)13-24-8-10-25(11-9-24)20(27)18-12-22-21(28)23-18/h1-7,12,16,26H,8-11,13-14H2,(H2,22,23,28). The molecule has 0 radical (unpaired) electrons. The van der Waals surface area contributed by atoms with Gasteiger partial charge < -0.3 is 24.7 Å². The molecule has 1 aliphatic rings. The molecule has 1 aromatic heterocycles. The smallest absolute Gasteiger partial charge is 0.323 e. The number of hydrogen-bond donors (Lipinski definition) is 3. The van der Waals surface area contributed by atoms with Gasteiger partial charge in [-0.1, -0.05) is 36.4 Å². The Morgan fingerprint density at radius 3 is 2.62 bits per heavy atom. The SMILES string of the molecule is O=C(c1c[nH]c(=O)[nH]1)N1CCN(CC(O)COc2cccc3ccccc23)CC1. The molecule has 2 aromatic carbocycles. The minimum atomic E-state index is -0.628. The highest BCUT2D eigenvalue weighted by Crippen LogP contribution is 2.25. The average Bonchev–Trinajstić information content (AvgIpc) is 3.18. The van der Waals surface area contributed by atoms with Crippen LogP contribution in [-0.4, -0.2) is 76.2 Å². The Morgan fingerprint density at radius 2 is 1.86 bits per heavy atom. The van der Waals surface area contributed by atoms with Gasteiger partial charge in [-0.15, -0.1) is 0 Å². The van der Waals surface area contributed by atoms with E-state index in [1.807, 2.05) is 42.5 Å². The monoisotopic (exact) mass is 396 g/mol. The first-order valence-corrected chi connectivity index (χ1v) is 9.68. The van der Waals surface area contributed by atoms with Crippen molar-refractivity contribution in [1.29, 1.82) is 0 Å². The summed E-state index contributed by atoms with van der Waals surface area (Å²) in [6.45, 7) is 3.09. The Labute approximate surface area is 167 Å². The zero-order valence-corrected chi connectivity index (χ0v) is 16.0. The molecule has 29 heavy (non-hydrogen) atoms. The molecule has 0 aliphatic carbocycles. The molecular weight excluding hydrogens is 372 g/mol. The van der Waals surface area contributed by atoms with Crippen LogP contribution < -0.4 is 10.4 Å². The number of imidazole rings is 1. The van der Waals surface area contributed by atoms with E-state index in [0.717, 1.165) is 16.5 Å². The van der Waals surface area contributed by atoms with Crippen LogP contribution in [0.3, 0.4) is 0 Å². The fourth-order valence-electron chi connectivity index (χ4n) is 3.61. The third-order valence-electron chi connectivity index (χ3n) is 5.14. The van der Waals surface area contributed by atoms with Crippen molar-refractivity contribution in [3.63, 3.8) is 0 Å². The quantitative estimate of drug-likeness (QED) is 0.578. The van der Waals surface area contributed by atoms with Crippen LogP contribution in [0.25, 0.3) is 10.8 Å². The number of ether oxygens (including phenoxy) is 1. The third-order valence-corrected chi connectivity index (χ3v) is 5.14. The van der Waals surface area contributed by atoms with E-state index in [2.05, 4.69) is 14.9 Å². The number of aliphatic hydroxyl groups is 1. The normalized spacial score (nSPS) is 16.1. The van der Waals surface area contributed by atoms with E-state index < -0.39 is 6.10 Å². The minimum absolute atomic E-state index is 0.192. The second kappa shape index (κ2) is 8.50. The highest BCUT2D eigenvalue weighted by molar-refractivity contribution is 5.92. The number of aromatic amines is 2. The molecule has 2 heterocycles. The molecule has 0 spiro atoms. The molecule has 1 unspecified atom stereocenters. The van der Waals surface area contributed by atoms with Gasteiger partial charge in [0.25, 0.3) is 5.91 Å². The lowest BCUT2D eigenvalue weighted by atomic mass is 10.1. The van der Waals surface area contributed by atoms with Crippen molar-refractivity contribution in [3.8, 4) is 5.75 Å². The second-order valence-corrected chi connectivity index (χ2v) is 7.19. The number of H-pyrrole nitrogens is 2. The van der Waals surface area contributed by atoms with Gasteiger partial charge >= 0.3 is 5.69 Å². The fourth-order valence-corrected chi connectivity index (χ4v) is 3.61. The summed E-state index contributed by atoms with van der Waals surface area (Å²) in [6, 6.07) is 13.9. The third kappa shape index (κ3) is 4.49. The van der Waals surface area contributed by atoms with Crippen LogP contribution in [0.2, 0.25) is 0 Å². The van der Waals surface area contributed by atoms with Crippen LogP contribution >= 0.6 is 0 Å². The molecule has 0 bridgehead atoms. The molecule has 1 amide bonds. The number of aliphatic hydroxyl groups excluding tert-OH is 1. The highest BCUT2D eigenvalue weighted by Gasteiger charge is 2.24. The summed E-state index contributed by atoms with van der Waals surface area (Å²) in [7, 11) is 0. The molecule has 0 saturated carbocycles. The molecule has 1 fully saturated rings. The second-order valence-electron chi connectivity index (χ2n) is 7.19. The van der Waals surface area contributed by atoms with Gasteiger partial charge in [0, 0.05) is 44.3 Å². The number of amides is 1. The first-order chi connectivity index (χ1) is 14.1. The Morgan fingerprint density at radius 1 is 1.10 bits per heavy atom. The highest BCUT2D eigenvalue weighted by atomic mass is 16.5. The van der Waals surface area contributed by atoms with Gasteiger partial charge in [0.05, 0.1) is 0 Å². The lowest BCUT2D eigenvalue weighted by molar-refractivity contribution is 0.0403. The molecule has 1 atom stereocenters. The number of rotatable bonds is 6. The maximum Gasteiger partial charge on any atom is 0.323 e. The number of carbonyl (C=O) groups excluding carboxylic acids is 1. The summed E-state index contributed by atoms with van der Waals surface area (Å²) in [4.78, 5) is 32.3. The Balaban J connectivity index is 1.26. The van der Waals surface area contributed by atoms with Crippen LogP contribution in [0.1, 0.15) is 10.5 Å². The first-order valence-electron chi connectivity index (χ1n) is 9.68.